The number of fused-ring (bicyclic) bond motifs is 1. The second kappa shape index (κ2) is 12.7. The molecular weight excluding hydrogens is 446 g/mol. The first-order chi connectivity index (χ1) is 17.5. The fourth-order valence-corrected chi connectivity index (χ4v) is 5.19. The molecule has 0 aliphatic heterocycles. The number of nitrogen functional groups attached to an aromatic ring is 1. The molecule has 5 nitrogen and oxygen atoms in total. The molecule has 4 N–H and O–H groups in total. The van der Waals surface area contributed by atoms with Crippen LogP contribution in [0, 0.1) is 0 Å². The highest BCUT2D eigenvalue weighted by atomic mass is 16.2. The predicted molar refractivity (Wildman–Crippen MR) is 148 cm³/mol. The zero-order valence-corrected chi connectivity index (χ0v) is 21.3. The molecule has 0 heterocycles. The molecule has 190 valence electrons. The van der Waals surface area contributed by atoms with E-state index < -0.39 is 6.04 Å². The lowest BCUT2D eigenvalue weighted by molar-refractivity contribution is -0.129. The largest absolute Gasteiger partial charge is 0.398 e. The second-order valence-electron chi connectivity index (χ2n) is 10.2. The van der Waals surface area contributed by atoms with Crippen molar-refractivity contribution in [2.75, 3.05) is 5.73 Å². The van der Waals surface area contributed by atoms with Gasteiger partial charge in [-0.2, -0.15) is 0 Å². The standard InChI is InChI=1S/C31H39N3O2/c1-22(30(35)20-17-24-15-18-27-25(21-24)11-8-14-28(27)32)33-31(36)29(34-26-12-6-3-7-13-26)19-16-23-9-4-2-5-10-23/h2,4-5,8-11,14-15,18,21-22,26,29,34H,3,6-7,12-13,16-17,19-20,32H2,1H3,(H,33,36)/t22-,29+/m0/s1. The van der Waals surface area contributed by atoms with Crippen LogP contribution in [-0.4, -0.2) is 29.8 Å². The number of hydrogen-bond acceptors (Lipinski definition) is 4. The number of hydrogen-bond donors (Lipinski definition) is 3. The first-order valence-electron chi connectivity index (χ1n) is 13.4. The van der Waals surface area contributed by atoms with Crippen molar-refractivity contribution in [1.82, 2.24) is 10.6 Å². The van der Waals surface area contributed by atoms with Gasteiger partial charge in [0.2, 0.25) is 5.91 Å². The van der Waals surface area contributed by atoms with E-state index in [1.807, 2.05) is 48.5 Å². The Kier molecular flexibility index (Phi) is 9.12. The van der Waals surface area contributed by atoms with Crippen molar-refractivity contribution < 1.29 is 9.59 Å². The molecule has 0 bridgehead atoms. The molecule has 1 amide bonds. The van der Waals surface area contributed by atoms with Gasteiger partial charge in [0.1, 0.15) is 0 Å². The molecule has 1 aliphatic rings. The Morgan fingerprint density at radius 1 is 0.917 bits per heavy atom. The number of rotatable bonds is 11. The van der Waals surface area contributed by atoms with Crippen molar-refractivity contribution in [2.24, 2.45) is 0 Å². The van der Waals surface area contributed by atoms with Crippen LogP contribution in [0.4, 0.5) is 5.69 Å². The summed E-state index contributed by atoms with van der Waals surface area (Å²) < 4.78 is 0. The van der Waals surface area contributed by atoms with E-state index in [2.05, 4.69) is 28.8 Å². The summed E-state index contributed by atoms with van der Waals surface area (Å²) in [5, 5.41) is 8.74. The SMILES string of the molecule is C[C@H](NC(=O)[C@@H](CCc1ccccc1)NC1CCCCC1)C(=O)CCc1ccc2c(N)cccc2c1. The molecule has 2 atom stereocenters. The maximum atomic E-state index is 13.3. The van der Waals surface area contributed by atoms with Gasteiger partial charge >= 0.3 is 0 Å². The maximum Gasteiger partial charge on any atom is 0.237 e. The predicted octanol–water partition coefficient (Wildman–Crippen LogP) is 5.35. The topological polar surface area (TPSA) is 84.2 Å². The summed E-state index contributed by atoms with van der Waals surface area (Å²) in [6, 6.07) is 21.9. The Morgan fingerprint density at radius 3 is 2.47 bits per heavy atom. The monoisotopic (exact) mass is 485 g/mol. The van der Waals surface area contributed by atoms with Gasteiger partial charge in [0.25, 0.3) is 0 Å². The molecule has 5 heteroatoms. The highest BCUT2D eigenvalue weighted by Crippen LogP contribution is 2.23. The molecule has 3 aromatic rings. The summed E-state index contributed by atoms with van der Waals surface area (Å²) in [6.07, 6.45) is 8.49. The fourth-order valence-electron chi connectivity index (χ4n) is 5.19. The lowest BCUT2D eigenvalue weighted by Crippen LogP contribution is -2.52. The molecule has 1 fully saturated rings. The number of benzene rings is 3. The molecule has 1 saturated carbocycles. The molecule has 0 spiro atoms. The fraction of sp³-hybridized carbons (Fsp3) is 0.419. The molecular formula is C31H39N3O2. The van der Waals surface area contributed by atoms with Crippen LogP contribution in [-0.2, 0) is 22.4 Å². The van der Waals surface area contributed by atoms with Gasteiger partial charge in [0.15, 0.2) is 5.78 Å². The van der Waals surface area contributed by atoms with Crippen molar-refractivity contribution in [3.8, 4) is 0 Å². The molecule has 36 heavy (non-hydrogen) atoms. The van der Waals surface area contributed by atoms with E-state index in [4.69, 9.17) is 5.73 Å². The molecule has 0 radical (unpaired) electrons. The Bertz CT molecular complexity index is 1150. The lowest BCUT2D eigenvalue weighted by atomic mass is 9.94. The van der Waals surface area contributed by atoms with E-state index in [-0.39, 0.29) is 17.7 Å². The summed E-state index contributed by atoms with van der Waals surface area (Å²) in [6.45, 7) is 1.80. The minimum atomic E-state index is -0.513. The highest BCUT2D eigenvalue weighted by Gasteiger charge is 2.26. The molecule has 0 aromatic heterocycles. The van der Waals surface area contributed by atoms with E-state index in [1.165, 1.54) is 24.8 Å². The Morgan fingerprint density at radius 2 is 1.69 bits per heavy atom. The van der Waals surface area contributed by atoms with Gasteiger partial charge < -0.3 is 16.4 Å². The number of carbonyl (C=O) groups excluding carboxylic acids is 2. The lowest BCUT2D eigenvalue weighted by Gasteiger charge is -2.29. The van der Waals surface area contributed by atoms with E-state index in [0.29, 0.717) is 25.3 Å². The van der Waals surface area contributed by atoms with Crippen LogP contribution in [0.15, 0.2) is 66.7 Å². The highest BCUT2D eigenvalue weighted by molar-refractivity contribution is 5.93. The van der Waals surface area contributed by atoms with Crippen molar-refractivity contribution in [2.45, 2.75) is 82.8 Å². The third-order valence-corrected chi connectivity index (χ3v) is 7.40. The van der Waals surface area contributed by atoms with Crippen molar-refractivity contribution in [1.29, 1.82) is 0 Å². The van der Waals surface area contributed by atoms with Gasteiger partial charge in [-0.05, 0) is 61.6 Å². The summed E-state index contributed by atoms with van der Waals surface area (Å²) >= 11 is 0. The van der Waals surface area contributed by atoms with Crippen LogP contribution < -0.4 is 16.4 Å². The molecule has 0 unspecified atom stereocenters. The van der Waals surface area contributed by atoms with Crippen LogP contribution in [0.1, 0.15) is 63.0 Å². The third kappa shape index (κ3) is 7.17. The number of nitrogens with two attached hydrogens (primary N) is 1. The smallest absolute Gasteiger partial charge is 0.237 e. The van der Waals surface area contributed by atoms with Gasteiger partial charge in [0, 0.05) is 23.5 Å². The van der Waals surface area contributed by atoms with Crippen molar-refractivity contribution in [3.05, 3.63) is 77.9 Å². The van der Waals surface area contributed by atoms with E-state index in [9.17, 15) is 9.59 Å². The first-order valence-corrected chi connectivity index (χ1v) is 13.4. The van der Waals surface area contributed by atoms with Gasteiger partial charge in [-0.3, -0.25) is 9.59 Å². The van der Waals surface area contributed by atoms with Crippen molar-refractivity contribution in [3.63, 3.8) is 0 Å². The molecule has 3 aromatic carbocycles. The summed E-state index contributed by atoms with van der Waals surface area (Å²) in [5.41, 5.74) is 9.13. The van der Waals surface area contributed by atoms with Crippen LogP contribution in [0.5, 0.6) is 0 Å². The minimum Gasteiger partial charge on any atom is -0.398 e. The minimum absolute atomic E-state index is 0.0514. The zero-order valence-electron chi connectivity index (χ0n) is 21.3. The summed E-state index contributed by atoms with van der Waals surface area (Å²) in [5.74, 6) is -0.0194. The van der Waals surface area contributed by atoms with E-state index >= 15 is 0 Å². The van der Waals surface area contributed by atoms with Gasteiger partial charge in [-0.1, -0.05) is 79.9 Å². The Labute approximate surface area is 214 Å². The number of aryl methyl sites for hydroxylation is 2. The summed E-state index contributed by atoms with van der Waals surface area (Å²) in [7, 11) is 0. The Hall–Kier alpha value is -3.18. The Balaban J connectivity index is 1.33. The van der Waals surface area contributed by atoms with Gasteiger partial charge in [0.05, 0.1) is 12.1 Å². The van der Waals surface area contributed by atoms with Gasteiger partial charge in [-0.15, -0.1) is 0 Å². The number of anilines is 1. The van der Waals surface area contributed by atoms with Crippen LogP contribution >= 0.6 is 0 Å². The van der Waals surface area contributed by atoms with Crippen LogP contribution in [0.25, 0.3) is 10.8 Å². The third-order valence-electron chi connectivity index (χ3n) is 7.40. The van der Waals surface area contributed by atoms with Crippen LogP contribution in [0.2, 0.25) is 0 Å². The molecule has 4 rings (SSSR count). The van der Waals surface area contributed by atoms with E-state index in [1.54, 1.807) is 6.92 Å². The molecule has 1 aliphatic carbocycles. The maximum absolute atomic E-state index is 13.3. The summed E-state index contributed by atoms with van der Waals surface area (Å²) in [4.78, 5) is 26.2. The average molecular weight is 486 g/mol. The normalized spacial score (nSPS) is 15.9. The quantitative estimate of drug-likeness (QED) is 0.320. The number of amides is 1. The van der Waals surface area contributed by atoms with Crippen LogP contribution in [0.3, 0.4) is 0 Å². The number of ketones is 1. The van der Waals surface area contributed by atoms with E-state index in [0.717, 1.165) is 41.3 Å². The number of carbonyl (C=O) groups is 2. The zero-order chi connectivity index (χ0) is 25.3. The average Bonchev–Trinajstić information content (AvgIpc) is 2.90. The second-order valence-corrected chi connectivity index (χ2v) is 10.2. The first kappa shape index (κ1) is 25.9. The number of Topliss-reactive ketones (excluding diaryl/α,β-unsaturated/α-hetero) is 1. The molecule has 0 saturated heterocycles. The number of nitrogens with one attached hydrogen (secondary N) is 2. The van der Waals surface area contributed by atoms with Crippen molar-refractivity contribution >= 4 is 28.2 Å². The van der Waals surface area contributed by atoms with Gasteiger partial charge in [-0.25, -0.2) is 0 Å².